The summed E-state index contributed by atoms with van der Waals surface area (Å²) in [6, 6.07) is 8.90. The van der Waals surface area contributed by atoms with Crippen LogP contribution < -0.4 is 0 Å². The van der Waals surface area contributed by atoms with Gasteiger partial charge in [0.05, 0.1) is 10.9 Å². The fraction of sp³-hybridized carbons (Fsp3) is 0.588. The summed E-state index contributed by atoms with van der Waals surface area (Å²) in [4.78, 5) is 14.2. The van der Waals surface area contributed by atoms with Crippen molar-refractivity contribution >= 4 is 15.9 Å². The molecule has 1 fully saturated rings. The third-order valence-electron chi connectivity index (χ3n) is 4.15. The van der Waals surface area contributed by atoms with Crippen LogP contribution in [0.1, 0.15) is 37.0 Å². The van der Waals surface area contributed by atoms with E-state index in [-0.39, 0.29) is 19.0 Å². The van der Waals surface area contributed by atoms with Gasteiger partial charge in [-0.25, -0.2) is 12.7 Å². The average Bonchev–Trinajstić information content (AvgIpc) is 2.53. The fourth-order valence-corrected chi connectivity index (χ4v) is 4.86. The molecular weight excluding hydrogens is 328 g/mol. The molecule has 0 bridgehead atoms. The quantitative estimate of drug-likeness (QED) is 0.865. The van der Waals surface area contributed by atoms with Gasteiger partial charge in [-0.2, -0.15) is 0 Å². The van der Waals surface area contributed by atoms with Gasteiger partial charge in [-0.3, -0.25) is 4.79 Å². The zero-order chi connectivity index (χ0) is 18.0. The first-order chi connectivity index (χ1) is 11.1. The number of sulfonamides is 1. The minimum atomic E-state index is -3.56. The lowest BCUT2D eigenvalue weighted by Crippen LogP contribution is -2.50. The van der Waals surface area contributed by atoms with Crippen LogP contribution in [0.3, 0.4) is 0 Å². The van der Waals surface area contributed by atoms with E-state index in [0.717, 1.165) is 0 Å². The lowest BCUT2D eigenvalue weighted by atomic mass is 10.1. The van der Waals surface area contributed by atoms with Crippen LogP contribution in [0.2, 0.25) is 0 Å². The number of aliphatic hydroxyl groups is 1. The lowest BCUT2D eigenvalue weighted by Gasteiger charge is -2.35. The van der Waals surface area contributed by atoms with Gasteiger partial charge in [0.25, 0.3) is 5.91 Å². The number of amides is 1. The summed E-state index contributed by atoms with van der Waals surface area (Å²) in [6.45, 7) is 3.93. The third-order valence-corrected chi connectivity index (χ3v) is 6.38. The van der Waals surface area contributed by atoms with Crippen molar-refractivity contribution in [2.45, 2.75) is 37.5 Å². The van der Waals surface area contributed by atoms with Crippen molar-refractivity contribution in [3.8, 4) is 0 Å². The van der Waals surface area contributed by atoms with Crippen molar-refractivity contribution in [2.75, 3.05) is 26.7 Å². The zero-order valence-corrected chi connectivity index (χ0v) is 15.3. The van der Waals surface area contributed by atoms with Crippen LogP contribution in [0.4, 0.5) is 0 Å². The van der Waals surface area contributed by atoms with E-state index < -0.39 is 20.9 Å². The van der Waals surface area contributed by atoms with Gasteiger partial charge in [-0.05, 0) is 38.8 Å². The van der Waals surface area contributed by atoms with E-state index in [0.29, 0.717) is 24.9 Å². The maximum absolute atomic E-state index is 12.7. The molecule has 1 atom stereocenters. The molecule has 1 amide bonds. The van der Waals surface area contributed by atoms with E-state index in [1.165, 1.54) is 11.4 Å². The topological polar surface area (TPSA) is 77.9 Å². The SMILES string of the molecule is CN(CC(C)(C)O)S(=O)(=O)[C@H]1CCCN(C(=O)c2ccccc2)C1. The average molecular weight is 354 g/mol. The number of carbonyl (C=O) groups is 1. The van der Waals surface area contributed by atoms with E-state index in [9.17, 15) is 18.3 Å². The predicted molar refractivity (Wildman–Crippen MR) is 93.2 cm³/mol. The molecule has 0 unspecified atom stereocenters. The first-order valence-electron chi connectivity index (χ1n) is 8.13. The van der Waals surface area contributed by atoms with E-state index >= 15 is 0 Å². The molecule has 7 heteroatoms. The molecule has 2 rings (SSSR count). The molecule has 1 aliphatic heterocycles. The standard InChI is InChI=1S/C17H26N2O4S/c1-17(2,21)13-18(3)24(22,23)15-10-7-11-19(12-15)16(20)14-8-5-4-6-9-14/h4-6,8-9,15,21H,7,10-13H2,1-3H3/t15-/m0/s1. The van der Waals surface area contributed by atoms with Crippen LogP contribution >= 0.6 is 0 Å². The fourth-order valence-electron chi connectivity index (χ4n) is 3.02. The van der Waals surface area contributed by atoms with Gasteiger partial charge in [0.1, 0.15) is 0 Å². The first-order valence-corrected chi connectivity index (χ1v) is 9.63. The van der Waals surface area contributed by atoms with E-state index in [1.54, 1.807) is 43.0 Å². The van der Waals surface area contributed by atoms with Gasteiger partial charge in [0.15, 0.2) is 0 Å². The predicted octanol–water partition coefficient (Wildman–Crippen LogP) is 1.32. The Hall–Kier alpha value is -1.44. The molecule has 1 aliphatic rings. The van der Waals surface area contributed by atoms with Crippen molar-refractivity contribution in [3.05, 3.63) is 35.9 Å². The molecule has 0 radical (unpaired) electrons. The van der Waals surface area contributed by atoms with Crippen molar-refractivity contribution in [2.24, 2.45) is 0 Å². The highest BCUT2D eigenvalue weighted by Crippen LogP contribution is 2.22. The van der Waals surface area contributed by atoms with Crippen LogP contribution in [-0.4, -0.2) is 66.2 Å². The molecule has 0 saturated carbocycles. The maximum Gasteiger partial charge on any atom is 0.253 e. The molecular formula is C17H26N2O4S. The molecule has 1 N–H and O–H groups in total. The smallest absolute Gasteiger partial charge is 0.253 e. The Morgan fingerprint density at radius 1 is 1.33 bits per heavy atom. The van der Waals surface area contributed by atoms with E-state index in [4.69, 9.17) is 0 Å². The highest BCUT2D eigenvalue weighted by atomic mass is 32.2. The van der Waals surface area contributed by atoms with Crippen LogP contribution in [0, 0.1) is 0 Å². The van der Waals surface area contributed by atoms with Gasteiger partial charge in [-0.15, -0.1) is 0 Å². The lowest BCUT2D eigenvalue weighted by molar-refractivity contribution is 0.0625. The normalized spacial score (nSPS) is 19.5. The summed E-state index contributed by atoms with van der Waals surface area (Å²) in [7, 11) is -2.09. The molecule has 1 aromatic rings. The summed E-state index contributed by atoms with van der Waals surface area (Å²) in [5.41, 5.74) is -0.531. The second kappa shape index (κ2) is 7.21. The van der Waals surface area contributed by atoms with Gasteiger partial charge in [-0.1, -0.05) is 18.2 Å². The Balaban J connectivity index is 2.11. The van der Waals surface area contributed by atoms with Crippen molar-refractivity contribution in [1.29, 1.82) is 0 Å². The Kier molecular flexibility index (Phi) is 5.67. The number of piperidine rings is 1. The van der Waals surface area contributed by atoms with Gasteiger partial charge in [0, 0.05) is 32.2 Å². The van der Waals surface area contributed by atoms with Crippen molar-refractivity contribution in [3.63, 3.8) is 0 Å². The summed E-state index contributed by atoms with van der Waals surface area (Å²) in [5, 5.41) is 9.23. The number of rotatable bonds is 5. The Morgan fingerprint density at radius 3 is 2.54 bits per heavy atom. The number of carbonyl (C=O) groups excluding carboxylic acids is 1. The number of likely N-dealkylation sites (N-methyl/N-ethyl adjacent to an activating group) is 1. The maximum atomic E-state index is 12.7. The van der Waals surface area contributed by atoms with E-state index in [2.05, 4.69) is 0 Å². The first kappa shape index (κ1) is 18.9. The number of hydrogen-bond acceptors (Lipinski definition) is 4. The molecule has 0 aromatic heterocycles. The largest absolute Gasteiger partial charge is 0.389 e. The molecule has 134 valence electrons. The summed E-state index contributed by atoms with van der Waals surface area (Å²) in [5.74, 6) is -0.138. The number of nitrogens with zero attached hydrogens (tertiary/aromatic N) is 2. The zero-order valence-electron chi connectivity index (χ0n) is 14.5. The third kappa shape index (κ3) is 4.55. The second-order valence-electron chi connectivity index (χ2n) is 6.99. The highest BCUT2D eigenvalue weighted by molar-refractivity contribution is 7.89. The van der Waals surface area contributed by atoms with Gasteiger partial charge < -0.3 is 10.0 Å². The highest BCUT2D eigenvalue weighted by Gasteiger charge is 2.36. The second-order valence-corrected chi connectivity index (χ2v) is 9.31. The summed E-state index contributed by atoms with van der Waals surface area (Å²) < 4.78 is 26.7. The molecule has 0 aliphatic carbocycles. The van der Waals surface area contributed by atoms with Crippen molar-refractivity contribution in [1.82, 2.24) is 9.21 Å². The molecule has 1 aromatic carbocycles. The monoisotopic (exact) mass is 354 g/mol. The number of benzene rings is 1. The molecule has 24 heavy (non-hydrogen) atoms. The number of likely N-dealkylation sites (tertiary alicyclic amines) is 1. The van der Waals surface area contributed by atoms with Crippen molar-refractivity contribution < 1.29 is 18.3 Å². The summed E-state index contributed by atoms with van der Waals surface area (Å²) >= 11 is 0. The van der Waals surface area contributed by atoms with Gasteiger partial charge >= 0.3 is 0 Å². The molecule has 6 nitrogen and oxygen atoms in total. The Morgan fingerprint density at radius 2 is 1.96 bits per heavy atom. The Bertz CT molecular complexity index is 668. The van der Waals surface area contributed by atoms with Crippen LogP contribution in [0.5, 0.6) is 0 Å². The summed E-state index contributed by atoms with van der Waals surface area (Å²) in [6.07, 6.45) is 1.18. The minimum absolute atomic E-state index is 0.0263. The van der Waals surface area contributed by atoms with E-state index in [1.807, 2.05) is 6.07 Å². The number of hydrogen-bond donors (Lipinski definition) is 1. The minimum Gasteiger partial charge on any atom is -0.389 e. The van der Waals surface area contributed by atoms with Crippen LogP contribution in [0.15, 0.2) is 30.3 Å². The molecule has 1 heterocycles. The Labute approximate surface area is 144 Å². The van der Waals surface area contributed by atoms with Crippen LogP contribution in [0.25, 0.3) is 0 Å². The van der Waals surface area contributed by atoms with Gasteiger partial charge in [0.2, 0.25) is 10.0 Å². The molecule has 0 spiro atoms. The van der Waals surface area contributed by atoms with Crippen LogP contribution in [-0.2, 0) is 10.0 Å². The molecule has 1 saturated heterocycles.